The van der Waals surface area contributed by atoms with E-state index >= 15 is 0 Å². The molecule has 0 atom stereocenters. The smallest absolute Gasteiger partial charge is 0.193 e. The third kappa shape index (κ3) is 2.70. The second-order valence-electron chi connectivity index (χ2n) is 4.15. The average Bonchev–Trinajstić information content (AvgIpc) is 2.98. The number of ether oxygens (including phenoxy) is 1. The monoisotopic (exact) mass is 415 g/mol. The van der Waals surface area contributed by atoms with Crippen molar-refractivity contribution in [3.8, 4) is 5.75 Å². The van der Waals surface area contributed by atoms with Crippen LogP contribution >= 0.6 is 43.2 Å². The lowest BCUT2D eigenvalue weighted by Crippen LogP contribution is -2.01. The number of rotatable bonds is 4. The molecule has 1 N–H and O–H groups in total. The Morgan fingerprint density at radius 3 is 2.95 bits per heavy atom. The second kappa shape index (κ2) is 5.75. The SMILES string of the molecule is COc1cc(NCc2cn3ccsc3n2)c(Br)cc1Br. The lowest BCUT2D eigenvalue weighted by molar-refractivity contribution is 0.412. The molecule has 0 aliphatic rings. The van der Waals surface area contributed by atoms with Crippen molar-refractivity contribution in [3.05, 3.63) is 44.5 Å². The van der Waals surface area contributed by atoms with Gasteiger partial charge in [-0.05, 0) is 37.9 Å². The first-order valence-corrected chi connectivity index (χ1v) is 8.32. The maximum Gasteiger partial charge on any atom is 0.193 e. The lowest BCUT2D eigenvalue weighted by Gasteiger charge is -2.11. The maximum atomic E-state index is 5.30. The molecule has 0 spiro atoms. The first-order chi connectivity index (χ1) is 9.67. The summed E-state index contributed by atoms with van der Waals surface area (Å²) in [6.45, 7) is 0.664. The minimum absolute atomic E-state index is 0.664. The largest absolute Gasteiger partial charge is 0.495 e. The minimum atomic E-state index is 0.664. The van der Waals surface area contributed by atoms with E-state index in [0.29, 0.717) is 6.54 Å². The molecule has 0 aliphatic carbocycles. The number of aromatic nitrogens is 2. The van der Waals surface area contributed by atoms with Crippen LogP contribution in [0.2, 0.25) is 0 Å². The summed E-state index contributed by atoms with van der Waals surface area (Å²) in [7, 11) is 1.65. The van der Waals surface area contributed by atoms with Crippen molar-refractivity contribution >= 4 is 53.8 Å². The minimum Gasteiger partial charge on any atom is -0.495 e. The predicted molar refractivity (Wildman–Crippen MR) is 88.8 cm³/mol. The third-order valence-corrected chi connectivity index (χ3v) is 4.89. The molecular weight excluding hydrogens is 406 g/mol. The van der Waals surface area contributed by atoms with E-state index in [9.17, 15) is 0 Å². The Hall–Kier alpha value is -1.05. The summed E-state index contributed by atoms with van der Waals surface area (Å²) in [4.78, 5) is 5.55. The molecule has 0 amide bonds. The van der Waals surface area contributed by atoms with Gasteiger partial charge in [-0.2, -0.15) is 0 Å². The fraction of sp³-hybridized carbons (Fsp3) is 0.154. The van der Waals surface area contributed by atoms with Crippen molar-refractivity contribution < 1.29 is 4.74 Å². The molecule has 2 heterocycles. The second-order valence-corrected chi connectivity index (χ2v) is 6.73. The summed E-state index contributed by atoms with van der Waals surface area (Å²) in [5, 5.41) is 5.39. The standard InChI is InChI=1S/C13H11Br2N3OS/c1-19-12-5-11(9(14)4-10(12)15)16-6-8-7-18-2-3-20-13(18)17-8/h2-5,7,16H,6H2,1H3. The van der Waals surface area contributed by atoms with E-state index < -0.39 is 0 Å². The van der Waals surface area contributed by atoms with E-state index in [1.807, 2.05) is 34.3 Å². The molecule has 0 bridgehead atoms. The van der Waals surface area contributed by atoms with E-state index in [1.165, 1.54) is 0 Å². The zero-order valence-corrected chi connectivity index (χ0v) is 14.5. The van der Waals surface area contributed by atoms with Crippen LogP contribution in [-0.2, 0) is 6.54 Å². The molecule has 0 aliphatic heterocycles. The van der Waals surface area contributed by atoms with Crippen LogP contribution in [0.4, 0.5) is 5.69 Å². The Labute approximate surface area is 137 Å². The zero-order valence-electron chi connectivity index (χ0n) is 10.6. The van der Waals surface area contributed by atoms with Crippen LogP contribution in [0.3, 0.4) is 0 Å². The van der Waals surface area contributed by atoms with Crippen molar-refractivity contribution in [2.24, 2.45) is 0 Å². The number of hydrogen-bond donors (Lipinski definition) is 1. The van der Waals surface area contributed by atoms with Crippen LogP contribution in [0.15, 0.2) is 38.9 Å². The maximum absolute atomic E-state index is 5.30. The fourth-order valence-corrected chi connectivity index (χ4v) is 3.88. The van der Waals surface area contributed by atoms with Gasteiger partial charge in [0, 0.05) is 28.3 Å². The van der Waals surface area contributed by atoms with Gasteiger partial charge >= 0.3 is 0 Å². The highest BCUT2D eigenvalue weighted by Crippen LogP contribution is 2.34. The number of nitrogens with zero attached hydrogens (tertiary/aromatic N) is 2. The van der Waals surface area contributed by atoms with Gasteiger partial charge in [0.2, 0.25) is 0 Å². The number of benzene rings is 1. The Bertz CT molecular complexity index is 725. The van der Waals surface area contributed by atoms with Gasteiger partial charge in [0.15, 0.2) is 4.96 Å². The molecule has 0 saturated carbocycles. The van der Waals surface area contributed by atoms with E-state index in [2.05, 4.69) is 42.2 Å². The van der Waals surface area contributed by atoms with Gasteiger partial charge in [-0.25, -0.2) is 4.98 Å². The van der Waals surface area contributed by atoms with Gasteiger partial charge in [0.05, 0.1) is 29.5 Å². The number of hydrogen-bond acceptors (Lipinski definition) is 4. The van der Waals surface area contributed by atoms with Crippen molar-refractivity contribution in [1.29, 1.82) is 0 Å². The highest BCUT2D eigenvalue weighted by atomic mass is 79.9. The van der Waals surface area contributed by atoms with E-state index in [0.717, 1.165) is 31.0 Å². The lowest BCUT2D eigenvalue weighted by atomic mass is 10.3. The van der Waals surface area contributed by atoms with Crippen molar-refractivity contribution in [3.63, 3.8) is 0 Å². The molecule has 3 aromatic rings. The van der Waals surface area contributed by atoms with E-state index in [1.54, 1.807) is 18.4 Å². The molecule has 1 aromatic carbocycles. The Morgan fingerprint density at radius 2 is 2.20 bits per heavy atom. The number of imidazole rings is 1. The van der Waals surface area contributed by atoms with Gasteiger partial charge in [-0.3, -0.25) is 4.40 Å². The normalized spacial score (nSPS) is 10.9. The van der Waals surface area contributed by atoms with Crippen LogP contribution in [0, 0.1) is 0 Å². The Balaban J connectivity index is 1.79. The molecular formula is C13H11Br2N3OS. The number of methoxy groups -OCH3 is 1. The zero-order chi connectivity index (χ0) is 14.1. The Kier molecular flexibility index (Phi) is 4.00. The Morgan fingerprint density at radius 1 is 1.35 bits per heavy atom. The number of anilines is 1. The molecule has 0 radical (unpaired) electrons. The average molecular weight is 417 g/mol. The van der Waals surface area contributed by atoms with E-state index in [4.69, 9.17) is 4.74 Å². The highest BCUT2D eigenvalue weighted by Gasteiger charge is 2.08. The molecule has 20 heavy (non-hydrogen) atoms. The summed E-state index contributed by atoms with van der Waals surface area (Å²) in [6.07, 6.45) is 4.04. The van der Waals surface area contributed by atoms with Gasteiger partial charge < -0.3 is 10.1 Å². The molecule has 2 aromatic heterocycles. The fourth-order valence-electron chi connectivity index (χ4n) is 1.87. The number of halogens is 2. The highest BCUT2D eigenvalue weighted by molar-refractivity contribution is 9.11. The summed E-state index contributed by atoms with van der Waals surface area (Å²) < 4.78 is 9.22. The van der Waals surface area contributed by atoms with E-state index in [-0.39, 0.29) is 0 Å². The number of nitrogens with one attached hydrogen (secondary N) is 1. The van der Waals surface area contributed by atoms with Crippen molar-refractivity contribution in [2.75, 3.05) is 12.4 Å². The summed E-state index contributed by atoms with van der Waals surface area (Å²) in [5.41, 5.74) is 1.98. The molecule has 0 saturated heterocycles. The molecule has 3 rings (SSSR count). The van der Waals surface area contributed by atoms with Crippen LogP contribution in [-0.4, -0.2) is 16.5 Å². The van der Waals surface area contributed by atoms with Crippen molar-refractivity contribution in [1.82, 2.24) is 9.38 Å². The topological polar surface area (TPSA) is 38.6 Å². The summed E-state index contributed by atoms with van der Waals surface area (Å²) >= 11 is 8.63. The number of fused-ring (bicyclic) bond motifs is 1. The third-order valence-electron chi connectivity index (χ3n) is 2.84. The van der Waals surface area contributed by atoms with Gasteiger partial charge in [0.25, 0.3) is 0 Å². The van der Waals surface area contributed by atoms with Crippen LogP contribution in [0.1, 0.15) is 5.69 Å². The summed E-state index contributed by atoms with van der Waals surface area (Å²) in [5.74, 6) is 0.793. The first-order valence-electron chi connectivity index (χ1n) is 5.85. The molecule has 4 nitrogen and oxygen atoms in total. The molecule has 104 valence electrons. The van der Waals surface area contributed by atoms with Crippen LogP contribution < -0.4 is 10.1 Å². The number of thiazole rings is 1. The van der Waals surface area contributed by atoms with Gasteiger partial charge in [-0.1, -0.05) is 0 Å². The molecule has 0 fully saturated rings. The van der Waals surface area contributed by atoms with Crippen molar-refractivity contribution in [2.45, 2.75) is 6.54 Å². The van der Waals surface area contributed by atoms with Gasteiger partial charge in [-0.15, -0.1) is 11.3 Å². The van der Waals surface area contributed by atoms with Gasteiger partial charge in [0.1, 0.15) is 5.75 Å². The summed E-state index contributed by atoms with van der Waals surface area (Å²) in [6, 6.07) is 3.92. The van der Waals surface area contributed by atoms with Crippen LogP contribution in [0.25, 0.3) is 4.96 Å². The molecule has 0 unspecified atom stereocenters. The molecule has 7 heteroatoms. The predicted octanol–water partition coefficient (Wildman–Crippen LogP) is 4.54. The van der Waals surface area contributed by atoms with Crippen LogP contribution in [0.5, 0.6) is 5.75 Å². The first kappa shape index (κ1) is 13.9. The quantitative estimate of drug-likeness (QED) is 0.678.